The van der Waals surface area contributed by atoms with E-state index in [0.29, 0.717) is 29.1 Å². The van der Waals surface area contributed by atoms with Gasteiger partial charge in [-0.3, -0.25) is 9.59 Å². The lowest BCUT2D eigenvalue weighted by Crippen LogP contribution is -2.20. The second-order valence-electron chi connectivity index (χ2n) is 7.32. The van der Waals surface area contributed by atoms with E-state index in [9.17, 15) is 9.59 Å². The Bertz CT molecular complexity index is 765. The highest BCUT2D eigenvalue weighted by atomic mass is 79.9. The monoisotopic (exact) mass is 537 g/mol. The summed E-state index contributed by atoms with van der Waals surface area (Å²) in [6.45, 7) is 1.46. The van der Waals surface area contributed by atoms with Gasteiger partial charge >= 0.3 is 11.9 Å². The number of hydrogen-bond acceptors (Lipinski definition) is 5. The third-order valence-corrected chi connectivity index (χ3v) is 8.13. The molecule has 0 aromatic carbocycles. The number of carbonyl (C=O) groups is 2. The molecular formula is C21H26BrCl2NO4S. The van der Waals surface area contributed by atoms with Crippen LogP contribution in [-0.2, 0) is 20.9 Å². The van der Waals surface area contributed by atoms with E-state index < -0.39 is 5.97 Å². The number of pyridine rings is 1. The lowest BCUT2D eigenvalue weighted by molar-refractivity contribution is -0.142. The molecule has 5 nitrogen and oxygen atoms in total. The summed E-state index contributed by atoms with van der Waals surface area (Å²) in [6.07, 6.45) is 7.80. The zero-order valence-corrected chi connectivity index (χ0v) is 20.6. The molecule has 166 valence electrons. The van der Waals surface area contributed by atoms with Crippen LogP contribution in [0.2, 0.25) is 5.15 Å². The fourth-order valence-electron chi connectivity index (χ4n) is 3.43. The molecule has 0 bridgehead atoms. The number of nitrogens with zero attached hydrogens (tertiary/aromatic N) is 1. The fourth-order valence-corrected chi connectivity index (χ4v) is 6.38. The summed E-state index contributed by atoms with van der Waals surface area (Å²) in [4.78, 5) is 27.0. The molecule has 1 heterocycles. The first-order valence-electron chi connectivity index (χ1n) is 9.83. The molecule has 0 saturated heterocycles. The number of carbonyl (C=O) groups excluding carboxylic acids is 1. The topological polar surface area (TPSA) is 76.5 Å². The number of ether oxygens (including phenoxy) is 1. The quantitative estimate of drug-likeness (QED) is 0.0915. The number of esters is 1. The van der Waals surface area contributed by atoms with Crippen LogP contribution in [-0.4, -0.2) is 38.0 Å². The largest absolute Gasteiger partial charge is 0.481 e. The van der Waals surface area contributed by atoms with Gasteiger partial charge in [-0.05, 0) is 49.7 Å². The Morgan fingerprint density at radius 3 is 2.87 bits per heavy atom. The van der Waals surface area contributed by atoms with Crippen molar-refractivity contribution in [2.45, 2.75) is 60.7 Å². The molecule has 0 amide bonds. The van der Waals surface area contributed by atoms with E-state index in [4.69, 9.17) is 33.0 Å². The molecule has 1 aromatic rings. The normalized spacial score (nSPS) is 23.7. The number of aromatic nitrogens is 1. The molecule has 1 saturated carbocycles. The van der Waals surface area contributed by atoms with Crippen molar-refractivity contribution in [2.24, 2.45) is 11.8 Å². The average molecular weight is 539 g/mol. The van der Waals surface area contributed by atoms with Crippen molar-refractivity contribution in [1.29, 1.82) is 0 Å². The standard InChI is InChI=1S/C21H26BrCl2NO4S/c1-13(26)29-11-15-9-16(10-19(23)25-15)30-12-17-14(8-18(22)21(17)24)6-4-2-3-5-7-20(27)28/h2,4,9-10,14,17-18,21H,3,5-8,11-12H2,1H3,(H,27,28)/b4-2-/t14-,17+,18?,21?/m0/s1. The number of carboxylic acid groups (broad SMARTS) is 1. The summed E-state index contributed by atoms with van der Waals surface area (Å²) in [7, 11) is 0. The summed E-state index contributed by atoms with van der Waals surface area (Å²) in [5, 5.41) is 9.11. The summed E-state index contributed by atoms with van der Waals surface area (Å²) in [5.41, 5.74) is 0.619. The number of aliphatic carboxylic acids is 1. The molecule has 9 heteroatoms. The first-order chi connectivity index (χ1) is 14.3. The van der Waals surface area contributed by atoms with E-state index >= 15 is 0 Å². The van der Waals surface area contributed by atoms with Gasteiger partial charge in [-0.15, -0.1) is 23.4 Å². The lowest BCUT2D eigenvalue weighted by atomic mass is 9.94. The predicted molar refractivity (Wildman–Crippen MR) is 125 cm³/mol. The molecule has 0 spiro atoms. The Morgan fingerprint density at radius 1 is 1.40 bits per heavy atom. The van der Waals surface area contributed by atoms with Gasteiger partial charge in [0.15, 0.2) is 0 Å². The molecular weight excluding hydrogens is 513 g/mol. The molecule has 2 rings (SSSR count). The molecule has 1 aromatic heterocycles. The van der Waals surface area contributed by atoms with Gasteiger partial charge in [-0.1, -0.05) is 39.7 Å². The average Bonchev–Trinajstić information content (AvgIpc) is 2.94. The first-order valence-corrected chi connectivity index (χ1v) is 12.6. The second-order valence-corrected chi connectivity index (χ2v) is 10.5. The van der Waals surface area contributed by atoms with E-state index in [1.807, 2.05) is 12.1 Å². The van der Waals surface area contributed by atoms with Crippen molar-refractivity contribution in [2.75, 3.05) is 5.75 Å². The molecule has 1 aliphatic carbocycles. The van der Waals surface area contributed by atoms with E-state index in [2.05, 4.69) is 33.1 Å². The van der Waals surface area contributed by atoms with Gasteiger partial charge in [0, 0.05) is 34.2 Å². The summed E-state index contributed by atoms with van der Waals surface area (Å²) >= 11 is 18.2. The fraction of sp³-hybridized carbons (Fsp3) is 0.571. The Kier molecular flexibility index (Phi) is 11.0. The molecule has 0 aliphatic heterocycles. The smallest absolute Gasteiger partial charge is 0.303 e. The second kappa shape index (κ2) is 12.9. The number of hydrogen-bond donors (Lipinski definition) is 1. The number of rotatable bonds is 11. The molecule has 30 heavy (non-hydrogen) atoms. The van der Waals surface area contributed by atoms with Gasteiger partial charge in [-0.25, -0.2) is 4.98 Å². The van der Waals surface area contributed by atoms with Gasteiger partial charge in [0.05, 0.1) is 5.69 Å². The van der Waals surface area contributed by atoms with Crippen molar-refractivity contribution in [3.05, 3.63) is 35.1 Å². The number of allylic oxidation sites excluding steroid dienone is 2. The van der Waals surface area contributed by atoms with E-state index in [1.165, 1.54) is 6.92 Å². The molecule has 2 unspecified atom stereocenters. The molecule has 1 N–H and O–H groups in total. The molecule has 1 aliphatic rings. The molecule has 1 fully saturated rings. The van der Waals surface area contributed by atoms with Crippen LogP contribution in [0, 0.1) is 11.8 Å². The van der Waals surface area contributed by atoms with Gasteiger partial charge < -0.3 is 9.84 Å². The van der Waals surface area contributed by atoms with E-state index in [0.717, 1.165) is 29.9 Å². The third-order valence-electron chi connectivity index (χ3n) is 4.94. The minimum atomic E-state index is -0.754. The van der Waals surface area contributed by atoms with Crippen LogP contribution in [0.15, 0.2) is 29.2 Å². The maximum absolute atomic E-state index is 11.0. The lowest BCUT2D eigenvalue weighted by Gasteiger charge is -2.21. The van der Waals surface area contributed by atoms with Crippen molar-refractivity contribution in [1.82, 2.24) is 4.98 Å². The van der Waals surface area contributed by atoms with Crippen LogP contribution >= 0.6 is 50.9 Å². The first kappa shape index (κ1) is 25.5. The van der Waals surface area contributed by atoms with Gasteiger partial charge in [0.25, 0.3) is 0 Å². The summed E-state index contributed by atoms with van der Waals surface area (Å²) in [6, 6.07) is 3.70. The van der Waals surface area contributed by atoms with Gasteiger partial charge in [0.2, 0.25) is 0 Å². The van der Waals surface area contributed by atoms with E-state index in [-0.39, 0.29) is 29.2 Å². The van der Waals surface area contributed by atoms with Crippen LogP contribution in [0.4, 0.5) is 0 Å². The number of alkyl halides is 2. The minimum absolute atomic E-state index is 0.0423. The highest BCUT2D eigenvalue weighted by Gasteiger charge is 2.40. The molecule has 4 atom stereocenters. The SMILES string of the molecule is CC(=O)OCc1cc(SC[C@H]2C(Cl)C(Br)C[C@@H]2C/C=C\CCCC(=O)O)cc(Cl)n1. The number of thioether (sulfide) groups is 1. The third kappa shape index (κ3) is 8.77. The van der Waals surface area contributed by atoms with Crippen LogP contribution in [0.3, 0.4) is 0 Å². The Hall–Kier alpha value is -0.760. The van der Waals surface area contributed by atoms with E-state index in [1.54, 1.807) is 11.8 Å². The summed E-state index contributed by atoms with van der Waals surface area (Å²) < 4.78 is 5.01. The maximum atomic E-state index is 11.0. The summed E-state index contributed by atoms with van der Waals surface area (Å²) in [5.74, 6) is 0.521. The number of carboxylic acids is 1. The number of unbranched alkanes of at least 4 members (excludes halogenated alkanes) is 1. The predicted octanol–water partition coefficient (Wildman–Crippen LogP) is 6.10. The highest BCUT2D eigenvalue weighted by molar-refractivity contribution is 9.09. The Labute approximate surface area is 200 Å². The van der Waals surface area contributed by atoms with Crippen molar-refractivity contribution in [3.8, 4) is 0 Å². The van der Waals surface area contributed by atoms with Crippen molar-refractivity contribution >= 4 is 62.8 Å². The van der Waals surface area contributed by atoms with Gasteiger partial charge in [0.1, 0.15) is 11.8 Å². The minimum Gasteiger partial charge on any atom is -0.481 e. The van der Waals surface area contributed by atoms with Crippen molar-refractivity contribution < 1.29 is 19.4 Å². The Balaban J connectivity index is 1.92. The zero-order valence-electron chi connectivity index (χ0n) is 16.7. The van der Waals surface area contributed by atoms with Crippen LogP contribution in [0.5, 0.6) is 0 Å². The van der Waals surface area contributed by atoms with Gasteiger partial charge in [-0.2, -0.15) is 0 Å². The Morgan fingerprint density at radius 2 is 2.17 bits per heavy atom. The molecule has 0 radical (unpaired) electrons. The van der Waals surface area contributed by atoms with Crippen LogP contribution in [0.25, 0.3) is 0 Å². The zero-order chi connectivity index (χ0) is 22.1. The number of halogens is 3. The maximum Gasteiger partial charge on any atom is 0.303 e. The van der Waals surface area contributed by atoms with Crippen LogP contribution in [0.1, 0.15) is 44.7 Å². The van der Waals surface area contributed by atoms with Crippen LogP contribution < -0.4 is 0 Å². The van der Waals surface area contributed by atoms with Crippen molar-refractivity contribution in [3.63, 3.8) is 0 Å². The highest BCUT2D eigenvalue weighted by Crippen LogP contribution is 2.44.